The number of anilines is 1. The Morgan fingerprint density at radius 3 is 2.65 bits per heavy atom. The van der Waals surface area contributed by atoms with Gasteiger partial charge in [-0.1, -0.05) is 0 Å². The normalized spacial score (nSPS) is 10.8. The van der Waals surface area contributed by atoms with E-state index in [1.165, 1.54) is 12.3 Å². The number of aromatic nitrogens is 1. The monoisotopic (exact) mass is 279 g/mol. The maximum absolute atomic E-state index is 11.8. The van der Waals surface area contributed by atoms with Crippen molar-refractivity contribution in [1.82, 2.24) is 15.6 Å². The zero-order valence-electron chi connectivity index (χ0n) is 12.0. The average molecular weight is 279 g/mol. The second kappa shape index (κ2) is 6.85. The summed E-state index contributed by atoms with van der Waals surface area (Å²) in [4.78, 5) is 27.3. The van der Waals surface area contributed by atoms with E-state index in [-0.39, 0.29) is 30.3 Å². The summed E-state index contributed by atoms with van der Waals surface area (Å²) in [6.45, 7) is 5.99. The van der Waals surface area contributed by atoms with Gasteiger partial charge < -0.3 is 16.1 Å². The van der Waals surface area contributed by atoms with E-state index in [1.807, 2.05) is 20.8 Å². The van der Waals surface area contributed by atoms with Gasteiger partial charge in [-0.05, 0) is 32.9 Å². The van der Waals surface area contributed by atoms with Crippen LogP contribution in [0, 0.1) is 0 Å². The molecule has 0 aliphatic carbocycles. The van der Waals surface area contributed by atoms with Gasteiger partial charge in [0.2, 0.25) is 5.91 Å². The van der Waals surface area contributed by atoms with Crippen LogP contribution < -0.4 is 21.9 Å². The lowest BCUT2D eigenvalue weighted by molar-refractivity contribution is -0.122. The van der Waals surface area contributed by atoms with Crippen LogP contribution in [-0.2, 0) is 4.79 Å². The molecule has 1 heterocycles. The summed E-state index contributed by atoms with van der Waals surface area (Å²) in [5.74, 6) is 5.25. The summed E-state index contributed by atoms with van der Waals surface area (Å²) in [6, 6.07) is 3.11. The molecule has 0 aromatic carbocycles. The molecule has 1 aromatic rings. The Hall–Kier alpha value is -2.15. The van der Waals surface area contributed by atoms with Gasteiger partial charge in [-0.2, -0.15) is 0 Å². The summed E-state index contributed by atoms with van der Waals surface area (Å²) in [5.41, 5.74) is 2.53. The molecule has 0 fully saturated rings. The lowest BCUT2D eigenvalue weighted by Crippen LogP contribution is -2.42. The Kier molecular flexibility index (Phi) is 5.45. The first-order valence-corrected chi connectivity index (χ1v) is 6.34. The third-order valence-electron chi connectivity index (χ3n) is 2.32. The van der Waals surface area contributed by atoms with E-state index in [0.717, 1.165) is 0 Å². The highest BCUT2D eigenvalue weighted by molar-refractivity contribution is 5.95. The molecular weight excluding hydrogens is 258 g/mol. The molecular formula is C13H21N5O2. The molecule has 0 saturated heterocycles. The largest absolute Gasteiger partial charge is 0.352 e. The highest BCUT2D eigenvalue weighted by atomic mass is 16.2. The minimum atomic E-state index is -0.271. The Labute approximate surface area is 118 Å². The van der Waals surface area contributed by atoms with Crippen molar-refractivity contribution in [2.24, 2.45) is 5.84 Å². The number of rotatable bonds is 5. The minimum Gasteiger partial charge on any atom is -0.352 e. The summed E-state index contributed by atoms with van der Waals surface area (Å²) in [6.07, 6.45) is 1.71. The van der Waals surface area contributed by atoms with E-state index in [9.17, 15) is 9.59 Å². The van der Waals surface area contributed by atoms with Crippen LogP contribution in [0.3, 0.4) is 0 Å². The molecule has 0 saturated carbocycles. The fourth-order valence-electron chi connectivity index (χ4n) is 1.52. The third-order valence-corrected chi connectivity index (χ3v) is 2.32. The molecule has 0 spiro atoms. The molecule has 0 aliphatic heterocycles. The van der Waals surface area contributed by atoms with Crippen molar-refractivity contribution in [1.29, 1.82) is 0 Å². The number of carbonyl (C=O) groups excluding carboxylic acids is 2. The second-order valence-corrected chi connectivity index (χ2v) is 5.38. The standard InChI is InChI=1S/C13H21N5O2/c1-13(2,3)17-11(19)5-7-16-12(20)9-4-6-15-10(8-9)18-14/h4,6,8H,5,7,14H2,1-3H3,(H,15,18)(H,16,20)(H,17,19). The van der Waals surface area contributed by atoms with Crippen molar-refractivity contribution in [3.05, 3.63) is 23.9 Å². The van der Waals surface area contributed by atoms with Crippen molar-refractivity contribution in [3.8, 4) is 0 Å². The topological polar surface area (TPSA) is 109 Å². The number of carbonyl (C=O) groups is 2. The molecule has 1 aromatic heterocycles. The van der Waals surface area contributed by atoms with Gasteiger partial charge in [-0.15, -0.1) is 0 Å². The Morgan fingerprint density at radius 1 is 1.35 bits per heavy atom. The summed E-state index contributed by atoms with van der Waals surface area (Å²) >= 11 is 0. The van der Waals surface area contributed by atoms with Gasteiger partial charge in [-0.3, -0.25) is 9.59 Å². The van der Waals surface area contributed by atoms with Crippen molar-refractivity contribution < 1.29 is 9.59 Å². The molecule has 2 amide bonds. The Balaban J connectivity index is 2.42. The quantitative estimate of drug-likeness (QED) is 0.461. The predicted octanol–water partition coefficient (Wildman–Crippen LogP) is 0.402. The molecule has 7 nitrogen and oxygen atoms in total. The van der Waals surface area contributed by atoms with Gasteiger partial charge in [0.1, 0.15) is 5.82 Å². The number of hydrogen-bond acceptors (Lipinski definition) is 5. The van der Waals surface area contributed by atoms with Crippen molar-refractivity contribution in [2.75, 3.05) is 12.0 Å². The zero-order chi connectivity index (χ0) is 15.2. The van der Waals surface area contributed by atoms with E-state index >= 15 is 0 Å². The van der Waals surface area contributed by atoms with Gasteiger partial charge in [0, 0.05) is 30.3 Å². The number of nitrogens with two attached hydrogens (primary N) is 1. The lowest BCUT2D eigenvalue weighted by atomic mass is 10.1. The maximum Gasteiger partial charge on any atom is 0.251 e. The molecule has 1 rings (SSSR count). The average Bonchev–Trinajstić information content (AvgIpc) is 2.36. The van der Waals surface area contributed by atoms with E-state index in [2.05, 4.69) is 21.0 Å². The van der Waals surface area contributed by atoms with Gasteiger partial charge in [0.05, 0.1) is 0 Å². The van der Waals surface area contributed by atoms with Crippen molar-refractivity contribution in [3.63, 3.8) is 0 Å². The van der Waals surface area contributed by atoms with Crippen LogP contribution in [0.4, 0.5) is 5.82 Å². The van der Waals surface area contributed by atoms with Crippen LogP contribution in [0.2, 0.25) is 0 Å². The van der Waals surface area contributed by atoms with Crippen LogP contribution in [0.15, 0.2) is 18.3 Å². The third kappa shape index (κ3) is 5.66. The molecule has 0 radical (unpaired) electrons. The van der Waals surface area contributed by atoms with Gasteiger partial charge in [0.25, 0.3) is 5.91 Å². The number of nitrogens with zero attached hydrogens (tertiary/aromatic N) is 1. The lowest BCUT2D eigenvalue weighted by Gasteiger charge is -2.20. The van der Waals surface area contributed by atoms with Gasteiger partial charge in [0.15, 0.2) is 0 Å². The van der Waals surface area contributed by atoms with E-state index in [1.54, 1.807) is 6.07 Å². The number of hydrazine groups is 1. The molecule has 0 atom stereocenters. The van der Waals surface area contributed by atoms with E-state index < -0.39 is 0 Å². The Bertz CT molecular complexity index is 482. The Morgan fingerprint density at radius 2 is 2.05 bits per heavy atom. The van der Waals surface area contributed by atoms with E-state index in [4.69, 9.17) is 5.84 Å². The first kappa shape index (κ1) is 15.9. The highest BCUT2D eigenvalue weighted by Gasteiger charge is 2.13. The molecule has 110 valence electrons. The van der Waals surface area contributed by atoms with Crippen LogP contribution in [0.5, 0.6) is 0 Å². The molecule has 0 unspecified atom stereocenters. The molecule has 5 N–H and O–H groups in total. The first-order valence-electron chi connectivity index (χ1n) is 6.34. The predicted molar refractivity (Wildman–Crippen MR) is 76.9 cm³/mol. The van der Waals surface area contributed by atoms with Crippen LogP contribution in [0.1, 0.15) is 37.6 Å². The maximum atomic E-state index is 11.8. The zero-order valence-corrected chi connectivity index (χ0v) is 12.0. The number of amides is 2. The molecule has 0 bridgehead atoms. The molecule has 7 heteroatoms. The number of nitrogen functional groups attached to an aromatic ring is 1. The smallest absolute Gasteiger partial charge is 0.251 e. The summed E-state index contributed by atoms with van der Waals surface area (Å²) < 4.78 is 0. The molecule has 0 aliphatic rings. The first-order chi connectivity index (χ1) is 9.31. The number of pyridine rings is 1. The van der Waals surface area contributed by atoms with Crippen LogP contribution in [-0.4, -0.2) is 28.9 Å². The second-order valence-electron chi connectivity index (χ2n) is 5.38. The fraction of sp³-hybridized carbons (Fsp3) is 0.462. The van der Waals surface area contributed by atoms with Crippen LogP contribution in [0.25, 0.3) is 0 Å². The number of hydrogen-bond donors (Lipinski definition) is 4. The number of nitrogens with one attached hydrogen (secondary N) is 3. The minimum absolute atomic E-state index is 0.100. The SMILES string of the molecule is CC(C)(C)NC(=O)CCNC(=O)c1ccnc(NN)c1. The summed E-state index contributed by atoms with van der Waals surface area (Å²) in [5, 5.41) is 5.49. The van der Waals surface area contributed by atoms with E-state index in [0.29, 0.717) is 11.4 Å². The fourth-order valence-corrected chi connectivity index (χ4v) is 1.52. The van der Waals surface area contributed by atoms with Crippen molar-refractivity contribution in [2.45, 2.75) is 32.7 Å². The van der Waals surface area contributed by atoms with Crippen molar-refractivity contribution >= 4 is 17.6 Å². The van der Waals surface area contributed by atoms with Crippen LogP contribution >= 0.6 is 0 Å². The van der Waals surface area contributed by atoms with Gasteiger partial charge in [-0.25, -0.2) is 10.8 Å². The molecule has 20 heavy (non-hydrogen) atoms. The summed E-state index contributed by atoms with van der Waals surface area (Å²) in [7, 11) is 0. The van der Waals surface area contributed by atoms with Gasteiger partial charge >= 0.3 is 0 Å². The highest BCUT2D eigenvalue weighted by Crippen LogP contribution is 2.05.